The average molecular weight is 715 g/mol. The SMILES string of the molecule is CCCC1CCC(N2CCN(c3cnc(-c4ccc(CC(NC(=O)c5ccc(C(C)(C)C)s5)C(=O)N5CC(C(=O)O)C5)cc4)nc3)C(=O)C2)CC1. The van der Waals surface area contributed by atoms with Crippen LogP contribution >= 0.6 is 11.3 Å². The van der Waals surface area contributed by atoms with Crippen molar-refractivity contribution in [2.75, 3.05) is 37.6 Å². The van der Waals surface area contributed by atoms with Crippen molar-refractivity contribution >= 4 is 40.7 Å². The molecule has 12 heteroatoms. The van der Waals surface area contributed by atoms with Gasteiger partial charge in [0, 0.05) is 49.1 Å². The molecule has 1 aromatic carbocycles. The second-order valence-corrected chi connectivity index (χ2v) is 16.4. The predicted molar refractivity (Wildman–Crippen MR) is 198 cm³/mol. The van der Waals surface area contributed by atoms with E-state index in [1.807, 2.05) is 30.3 Å². The highest BCUT2D eigenvalue weighted by molar-refractivity contribution is 7.14. The van der Waals surface area contributed by atoms with Crippen molar-refractivity contribution in [3.05, 3.63) is 64.1 Å². The summed E-state index contributed by atoms with van der Waals surface area (Å²) in [5, 5.41) is 12.2. The number of thiophene rings is 1. The van der Waals surface area contributed by atoms with E-state index in [-0.39, 0.29) is 42.6 Å². The minimum absolute atomic E-state index is 0.0826. The van der Waals surface area contributed by atoms with E-state index in [2.05, 4.69) is 47.9 Å². The minimum Gasteiger partial charge on any atom is -0.481 e. The molecule has 272 valence electrons. The number of carbonyl (C=O) groups is 4. The van der Waals surface area contributed by atoms with Crippen LogP contribution in [0.15, 0.2) is 48.8 Å². The standard InChI is InChI=1S/C39H50N6O5S/c1-5-6-25-9-13-29(14-10-25)43-17-18-45(34(46)24-43)30-20-40-35(41-21-30)27-11-7-26(8-12-27)19-31(37(48)44-22-28(23-44)38(49)50)42-36(47)32-15-16-33(51-32)39(2,3)4/h7-8,11-12,15-16,20-21,25,28-29,31H,5-6,9-10,13-14,17-19,22-24H2,1-4H3,(H,42,47)(H,49,50). The lowest BCUT2D eigenvalue weighted by Crippen LogP contribution is -2.59. The molecule has 3 aliphatic rings. The maximum absolute atomic E-state index is 13.5. The summed E-state index contributed by atoms with van der Waals surface area (Å²) in [7, 11) is 0. The number of piperazine rings is 1. The van der Waals surface area contributed by atoms with Gasteiger partial charge in [-0.15, -0.1) is 11.3 Å². The fraction of sp³-hybridized carbons (Fsp3) is 0.538. The molecule has 2 aromatic heterocycles. The Morgan fingerprint density at radius 2 is 1.67 bits per heavy atom. The second kappa shape index (κ2) is 15.6. The summed E-state index contributed by atoms with van der Waals surface area (Å²) in [6.07, 6.45) is 11.1. The summed E-state index contributed by atoms with van der Waals surface area (Å²) in [5.41, 5.74) is 2.20. The van der Waals surface area contributed by atoms with Gasteiger partial charge in [-0.2, -0.15) is 0 Å². The third kappa shape index (κ3) is 8.66. The first-order chi connectivity index (χ1) is 24.4. The van der Waals surface area contributed by atoms with Gasteiger partial charge in [0.05, 0.1) is 35.4 Å². The van der Waals surface area contributed by atoms with E-state index in [4.69, 9.17) is 0 Å². The van der Waals surface area contributed by atoms with E-state index in [1.54, 1.807) is 23.4 Å². The average Bonchev–Trinajstić information content (AvgIpc) is 3.60. The monoisotopic (exact) mass is 714 g/mol. The molecular weight excluding hydrogens is 665 g/mol. The molecule has 2 N–H and O–H groups in total. The van der Waals surface area contributed by atoms with E-state index in [0.717, 1.165) is 28.5 Å². The Morgan fingerprint density at radius 1 is 0.980 bits per heavy atom. The summed E-state index contributed by atoms with van der Waals surface area (Å²) in [5.74, 6) is -0.704. The Bertz CT molecular complexity index is 1700. The zero-order valence-electron chi connectivity index (χ0n) is 30.1. The van der Waals surface area contributed by atoms with Gasteiger partial charge in [-0.1, -0.05) is 64.8 Å². The molecular formula is C39H50N6O5S. The van der Waals surface area contributed by atoms with E-state index >= 15 is 0 Å². The van der Waals surface area contributed by atoms with E-state index in [9.17, 15) is 24.3 Å². The Balaban J connectivity index is 1.08. The van der Waals surface area contributed by atoms with Crippen LogP contribution in [0.2, 0.25) is 0 Å². The zero-order chi connectivity index (χ0) is 36.3. The van der Waals surface area contributed by atoms with Crippen LogP contribution in [0, 0.1) is 11.8 Å². The molecule has 1 saturated carbocycles. The predicted octanol–water partition coefficient (Wildman–Crippen LogP) is 5.39. The van der Waals surface area contributed by atoms with Gasteiger partial charge in [0.25, 0.3) is 5.91 Å². The number of aromatic nitrogens is 2. The fourth-order valence-corrected chi connectivity index (χ4v) is 8.41. The van der Waals surface area contributed by atoms with Crippen molar-refractivity contribution in [3.63, 3.8) is 0 Å². The number of aliphatic carboxylic acids is 1. The number of nitrogens with zero attached hydrogens (tertiary/aromatic N) is 5. The highest BCUT2D eigenvalue weighted by Gasteiger charge is 2.39. The molecule has 4 heterocycles. The van der Waals surface area contributed by atoms with Crippen molar-refractivity contribution in [2.45, 2.75) is 90.1 Å². The normalized spacial score (nSPS) is 20.9. The topological polar surface area (TPSA) is 136 Å². The summed E-state index contributed by atoms with van der Waals surface area (Å²) in [6.45, 7) is 10.7. The van der Waals surface area contributed by atoms with Gasteiger partial charge in [0.15, 0.2) is 5.82 Å². The molecule has 2 saturated heterocycles. The Kier molecular flexibility index (Phi) is 11.2. The molecule has 3 fully saturated rings. The first-order valence-corrected chi connectivity index (χ1v) is 19.1. The fourth-order valence-electron chi connectivity index (χ4n) is 7.45. The maximum Gasteiger partial charge on any atom is 0.310 e. The lowest BCUT2D eigenvalue weighted by Gasteiger charge is -2.41. The number of carbonyl (C=O) groups excluding carboxylic acids is 3. The van der Waals surface area contributed by atoms with Crippen LogP contribution in [0.5, 0.6) is 0 Å². The highest BCUT2D eigenvalue weighted by Crippen LogP contribution is 2.32. The first kappa shape index (κ1) is 36.6. The van der Waals surface area contributed by atoms with E-state index in [0.29, 0.717) is 35.5 Å². The summed E-state index contributed by atoms with van der Waals surface area (Å²) >= 11 is 1.40. The van der Waals surface area contributed by atoms with Crippen LogP contribution in [-0.4, -0.2) is 93.4 Å². The van der Waals surface area contributed by atoms with Crippen LogP contribution in [0.25, 0.3) is 11.4 Å². The lowest BCUT2D eigenvalue weighted by molar-refractivity contribution is -0.153. The first-order valence-electron chi connectivity index (χ1n) is 18.3. The minimum atomic E-state index is -0.928. The van der Waals surface area contributed by atoms with Gasteiger partial charge >= 0.3 is 5.97 Å². The quantitative estimate of drug-likeness (QED) is 0.270. The van der Waals surface area contributed by atoms with Gasteiger partial charge in [-0.05, 0) is 54.7 Å². The molecule has 0 spiro atoms. The summed E-state index contributed by atoms with van der Waals surface area (Å²) < 4.78 is 0. The van der Waals surface area contributed by atoms with Gasteiger partial charge < -0.3 is 20.2 Å². The van der Waals surface area contributed by atoms with Crippen LogP contribution in [-0.2, 0) is 26.2 Å². The van der Waals surface area contributed by atoms with E-state index < -0.39 is 17.9 Å². The molecule has 0 bridgehead atoms. The van der Waals surface area contributed by atoms with Crippen molar-refractivity contribution in [3.8, 4) is 11.4 Å². The van der Waals surface area contributed by atoms with Gasteiger partial charge in [-0.25, -0.2) is 9.97 Å². The lowest BCUT2D eigenvalue weighted by atomic mass is 9.83. The Morgan fingerprint density at radius 3 is 2.25 bits per heavy atom. The number of benzene rings is 1. The molecule has 1 atom stereocenters. The molecule has 51 heavy (non-hydrogen) atoms. The number of likely N-dealkylation sites (tertiary alicyclic amines) is 1. The van der Waals surface area contributed by atoms with Crippen molar-refractivity contribution in [1.29, 1.82) is 0 Å². The van der Waals surface area contributed by atoms with Crippen LogP contribution < -0.4 is 10.2 Å². The van der Waals surface area contributed by atoms with E-state index in [1.165, 1.54) is 54.8 Å². The molecule has 3 amide bonds. The molecule has 1 aliphatic carbocycles. The molecule has 1 unspecified atom stereocenters. The van der Waals surface area contributed by atoms with Crippen LogP contribution in [0.1, 0.15) is 86.3 Å². The smallest absolute Gasteiger partial charge is 0.310 e. The van der Waals surface area contributed by atoms with Gasteiger partial charge in [-0.3, -0.25) is 24.1 Å². The zero-order valence-corrected chi connectivity index (χ0v) is 31.0. The van der Waals surface area contributed by atoms with Crippen molar-refractivity contribution in [1.82, 2.24) is 25.1 Å². The number of rotatable bonds is 11. The largest absolute Gasteiger partial charge is 0.481 e. The number of hydrogen-bond donors (Lipinski definition) is 2. The maximum atomic E-state index is 13.5. The summed E-state index contributed by atoms with van der Waals surface area (Å²) in [6, 6.07) is 10.9. The molecule has 0 radical (unpaired) electrons. The number of carboxylic acid groups (broad SMARTS) is 1. The molecule has 11 nitrogen and oxygen atoms in total. The number of carboxylic acids is 1. The summed E-state index contributed by atoms with van der Waals surface area (Å²) in [4.78, 5) is 67.8. The van der Waals surface area contributed by atoms with Crippen molar-refractivity contribution < 1.29 is 24.3 Å². The second-order valence-electron chi connectivity index (χ2n) is 15.4. The van der Waals surface area contributed by atoms with Crippen LogP contribution in [0.4, 0.5) is 5.69 Å². The molecule has 2 aliphatic heterocycles. The third-order valence-electron chi connectivity index (χ3n) is 10.6. The Hall–Kier alpha value is -4.16. The van der Waals surface area contributed by atoms with Gasteiger partial charge in [0.2, 0.25) is 11.8 Å². The number of nitrogens with one attached hydrogen (secondary N) is 1. The van der Waals surface area contributed by atoms with Crippen LogP contribution in [0.3, 0.4) is 0 Å². The Labute approximate surface area is 304 Å². The van der Waals surface area contributed by atoms with Crippen molar-refractivity contribution in [2.24, 2.45) is 11.8 Å². The number of anilines is 1. The molecule has 6 rings (SSSR count). The number of hydrogen-bond acceptors (Lipinski definition) is 8. The highest BCUT2D eigenvalue weighted by atomic mass is 32.1. The van der Waals surface area contributed by atoms with Gasteiger partial charge in [0.1, 0.15) is 6.04 Å². The number of amides is 3. The third-order valence-corrected chi connectivity index (χ3v) is 12.1. The molecule has 3 aromatic rings.